The highest BCUT2D eigenvalue weighted by atomic mass is 14.6. The Hall–Kier alpha value is -0.755. The molecule has 2 heteroatoms. The molecule has 0 aliphatic rings. The van der Waals surface area contributed by atoms with E-state index in [1.54, 1.807) is 0 Å². The molecule has 0 bridgehead atoms. The van der Waals surface area contributed by atoms with Crippen molar-refractivity contribution in [3.8, 4) is 0 Å². The lowest BCUT2D eigenvalue weighted by Gasteiger charge is -2.02. The summed E-state index contributed by atoms with van der Waals surface area (Å²) in [6.45, 7) is 1.98. The van der Waals surface area contributed by atoms with Gasteiger partial charge in [0.2, 0.25) is 0 Å². The minimum atomic E-state index is 0. The zero-order chi connectivity index (χ0) is 6.69. The zero-order valence-corrected chi connectivity index (χ0v) is 6.12. The van der Waals surface area contributed by atoms with Crippen molar-refractivity contribution in [2.45, 2.75) is 13.0 Å². The summed E-state index contributed by atoms with van der Waals surface area (Å²) in [6.07, 6.45) is 0. The number of hydrogen-bond donors (Lipinski definition) is 1. The molecule has 3 radical (unpaired) electrons. The van der Waals surface area contributed by atoms with E-state index in [-0.39, 0.29) is 14.5 Å². The second kappa shape index (κ2) is 4.12. The average Bonchev–Trinajstić information content (AvgIpc) is 1.90. The lowest BCUT2D eigenvalue weighted by Crippen LogP contribution is -2.03. The fourth-order valence-corrected chi connectivity index (χ4v) is 0.757. The zero-order valence-electron chi connectivity index (χ0n) is 6.12. The molecule has 0 saturated carbocycles. The van der Waals surface area contributed by atoms with Gasteiger partial charge in [-0.05, 0) is 12.5 Å². The van der Waals surface area contributed by atoms with Gasteiger partial charge in [0.25, 0.3) is 0 Å². The molecule has 0 aliphatic heterocycles. The topological polar surface area (TPSA) is 26.0 Å². The highest BCUT2D eigenvalue weighted by molar-refractivity contribution is 5.75. The van der Waals surface area contributed by atoms with Crippen LogP contribution in [0.25, 0.3) is 0 Å². The Morgan fingerprint density at radius 3 is 2.00 bits per heavy atom. The first-order valence-electron chi connectivity index (χ1n) is 3.11. The van der Waals surface area contributed by atoms with Gasteiger partial charge in [-0.2, -0.15) is 0 Å². The van der Waals surface area contributed by atoms with E-state index in [0.717, 1.165) is 0 Å². The summed E-state index contributed by atoms with van der Waals surface area (Å²) < 4.78 is 0. The van der Waals surface area contributed by atoms with Crippen molar-refractivity contribution in [1.82, 2.24) is 0 Å². The molecule has 2 N–H and O–H groups in total. The Labute approximate surface area is 63.8 Å². The van der Waals surface area contributed by atoms with Gasteiger partial charge in [0.15, 0.2) is 0 Å². The van der Waals surface area contributed by atoms with Crippen LogP contribution in [0.3, 0.4) is 0 Å². The molecule has 1 aromatic carbocycles. The fraction of sp³-hybridized carbons (Fsp3) is 0.250. The van der Waals surface area contributed by atoms with Crippen molar-refractivity contribution in [2.75, 3.05) is 0 Å². The SMILES string of the molecule is C[C@@H](N)c1ccccc1.[B]. The first kappa shape index (κ1) is 9.24. The maximum absolute atomic E-state index is 5.61. The van der Waals surface area contributed by atoms with Crippen LogP contribution >= 0.6 is 0 Å². The molecule has 1 nitrogen and oxygen atoms in total. The minimum Gasteiger partial charge on any atom is -0.324 e. The highest BCUT2D eigenvalue weighted by Crippen LogP contribution is 2.06. The molecule has 0 amide bonds. The molecular weight excluding hydrogens is 121 g/mol. The van der Waals surface area contributed by atoms with Crippen molar-refractivity contribution < 1.29 is 0 Å². The standard InChI is InChI=1S/C8H11N.B/c1-7(9)8-5-3-2-4-6-8;/h2-7H,9H2,1H3;/t7-;/m1./s1. The van der Waals surface area contributed by atoms with E-state index in [0.29, 0.717) is 0 Å². The lowest BCUT2D eigenvalue weighted by atomic mass is 10.1. The molecular formula is C8H11BN. The quantitative estimate of drug-likeness (QED) is 0.573. The van der Waals surface area contributed by atoms with E-state index in [1.165, 1.54) is 5.56 Å². The largest absolute Gasteiger partial charge is 0.324 e. The van der Waals surface area contributed by atoms with E-state index in [2.05, 4.69) is 0 Å². The van der Waals surface area contributed by atoms with Crippen LogP contribution < -0.4 is 5.73 Å². The van der Waals surface area contributed by atoms with E-state index >= 15 is 0 Å². The molecule has 0 aromatic heterocycles. The summed E-state index contributed by atoms with van der Waals surface area (Å²) in [5.41, 5.74) is 6.81. The van der Waals surface area contributed by atoms with E-state index in [4.69, 9.17) is 5.73 Å². The molecule has 1 aromatic rings. The third-order valence-corrected chi connectivity index (χ3v) is 1.33. The van der Waals surface area contributed by atoms with Gasteiger partial charge in [0.1, 0.15) is 0 Å². The van der Waals surface area contributed by atoms with E-state index < -0.39 is 0 Å². The van der Waals surface area contributed by atoms with Crippen LogP contribution in [-0.4, -0.2) is 8.41 Å². The molecule has 10 heavy (non-hydrogen) atoms. The smallest absolute Gasteiger partial charge is 0.0266 e. The molecule has 0 spiro atoms. The number of nitrogens with two attached hydrogens (primary N) is 1. The van der Waals surface area contributed by atoms with E-state index in [1.807, 2.05) is 37.3 Å². The number of benzene rings is 1. The average molecular weight is 132 g/mol. The lowest BCUT2D eigenvalue weighted by molar-refractivity contribution is 0.818. The predicted molar refractivity (Wildman–Crippen MR) is 44.8 cm³/mol. The van der Waals surface area contributed by atoms with Crippen LogP contribution in [-0.2, 0) is 0 Å². The molecule has 51 valence electrons. The fourth-order valence-electron chi connectivity index (χ4n) is 0.757. The second-order valence-electron chi connectivity index (χ2n) is 2.20. The maximum Gasteiger partial charge on any atom is 0.0266 e. The number of rotatable bonds is 1. The van der Waals surface area contributed by atoms with Gasteiger partial charge in [-0.3, -0.25) is 0 Å². The van der Waals surface area contributed by atoms with Gasteiger partial charge in [0, 0.05) is 14.5 Å². The van der Waals surface area contributed by atoms with Gasteiger partial charge in [-0.15, -0.1) is 0 Å². The van der Waals surface area contributed by atoms with Gasteiger partial charge in [-0.25, -0.2) is 0 Å². The molecule has 0 heterocycles. The Kier molecular flexibility index (Phi) is 3.81. The second-order valence-corrected chi connectivity index (χ2v) is 2.20. The van der Waals surface area contributed by atoms with Crippen LogP contribution in [0.1, 0.15) is 18.5 Å². The monoisotopic (exact) mass is 132 g/mol. The van der Waals surface area contributed by atoms with Gasteiger partial charge >= 0.3 is 0 Å². The summed E-state index contributed by atoms with van der Waals surface area (Å²) >= 11 is 0. The maximum atomic E-state index is 5.61. The Bertz CT molecular complexity index is 172. The van der Waals surface area contributed by atoms with Crippen molar-refractivity contribution in [3.63, 3.8) is 0 Å². The van der Waals surface area contributed by atoms with Gasteiger partial charge < -0.3 is 5.73 Å². The highest BCUT2D eigenvalue weighted by Gasteiger charge is 1.93. The Morgan fingerprint density at radius 1 is 1.20 bits per heavy atom. The minimum absolute atomic E-state index is 0. The van der Waals surface area contributed by atoms with Gasteiger partial charge in [-0.1, -0.05) is 30.3 Å². The Balaban J connectivity index is 0.000000810. The van der Waals surface area contributed by atoms with Crippen LogP contribution in [0.2, 0.25) is 0 Å². The third kappa shape index (κ3) is 2.23. The summed E-state index contributed by atoms with van der Waals surface area (Å²) in [5.74, 6) is 0. The summed E-state index contributed by atoms with van der Waals surface area (Å²) in [6, 6.07) is 10.2. The van der Waals surface area contributed by atoms with Crippen LogP contribution in [0.4, 0.5) is 0 Å². The molecule has 1 rings (SSSR count). The molecule has 1 atom stereocenters. The molecule has 0 unspecified atom stereocenters. The summed E-state index contributed by atoms with van der Waals surface area (Å²) in [7, 11) is 0. The summed E-state index contributed by atoms with van der Waals surface area (Å²) in [5, 5.41) is 0. The third-order valence-electron chi connectivity index (χ3n) is 1.33. The van der Waals surface area contributed by atoms with Crippen molar-refractivity contribution >= 4 is 8.41 Å². The first-order valence-corrected chi connectivity index (χ1v) is 3.11. The van der Waals surface area contributed by atoms with Crippen LogP contribution in [0.15, 0.2) is 30.3 Å². The van der Waals surface area contributed by atoms with Crippen LogP contribution in [0, 0.1) is 0 Å². The summed E-state index contributed by atoms with van der Waals surface area (Å²) in [4.78, 5) is 0. The van der Waals surface area contributed by atoms with Gasteiger partial charge in [0.05, 0.1) is 0 Å². The molecule has 0 saturated heterocycles. The molecule has 0 aliphatic carbocycles. The van der Waals surface area contributed by atoms with Crippen LogP contribution in [0.5, 0.6) is 0 Å². The Morgan fingerprint density at radius 2 is 1.70 bits per heavy atom. The predicted octanol–water partition coefficient (Wildman–Crippen LogP) is 1.33. The van der Waals surface area contributed by atoms with E-state index in [9.17, 15) is 0 Å². The molecule has 0 fully saturated rings. The number of hydrogen-bond acceptors (Lipinski definition) is 1. The normalized spacial score (nSPS) is 11.8. The van der Waals surface area contributed by atoms with Crippen molar-refractivity contribution in [3.05, 3.63) is 35.9 Å². The first-order chi connectivity index (χ1) is 4.30. The van der Waals surface area contributed by atoms with Crippen molar-refractivity contribution in [2.24, 2.45) is 5.73 Å². The van der Waals surface area contributed by atoms with Crippen molar-refractivity contribution in [1.29, 1.82) is 0 Å².